The first kappa shape index (κ1) is 17.6. The van der Waals surface area contributed by atoms with E-state index in [0.29, 0.717) is 33.8 Å². The van der Waals surface area contributed by atoms with Crippen molar-refractivity contribution < 1.29 is 4.79 Å². The summed E-state index contributed by atoms with van der Waals surface area (Å²) < 4.78 is 1.56. The number of hydrogen-bond acceptors (Lipinski definition) is 4. The Hall–Kier alpha value is -1.82. The van der Waals surface area contributed by atoms with Crippen LogP contribution in [0.1, 0.15) is 38.5 Å². The van der Waals surface area contributed by atoms with Gasteiger partial charge < -0.3 is 4.90 Å². The van der Waals surface area contributed by atoms with Gasteiger partial charge in [0.05, 0.1) is 16.7 Å². The Morgan fingerprint density at radius 3 is 2.85 bits per heavy atom. The first-order chi connectivity index (χ1) is 12.6. The number of carbonyl (C=O) groups is 1. The summed E-state index contributed by atoms with van der Waals surface area (Å²) in [7, 11) is 1.73. The molecule has 1 saturated heterocycles. The Morgan fingerprint density at radius 2 is 1.96 bits per heavy atom. The van der Waals surface area contributed by atoms with Gasteiger partial charge in [0.2, 0.25) is 5.91 Å². The van der Waals surface area contributed by atoms with E-state index < -0.39 is 0 Å². The summed E-state index contributed by atoms with van der Waals surface area (Å²) in [5, 5.41) is 1.23. The number of nitrogens with zero attached hydrogens (tertiary/aromatic N) is 3. The van der Waals surface area contributed by atoms with Gasteiger partial charge in [-0.2, -0.15) is 0 Å². The number of fused-ring (bicyclic) bond motifs is 2. The first-order valence-electron chi connectivity index (χ1n) is 9.53. The molecule has 138 valence electrons. The largest absolute Gasteiger partial charge is 0.339 e. The van der Waals surface area contributed by atoms with Crippen molar-refractivity contribution in [2.24, 2.45) is 13.0 Å². The highest BCUT2D eigenvalue weighted by Gasteiger charge is 2.35. The fourth-order valence-corrected chi connectivity index (χ4v) is 5.33. The zero-order chi connectivity index (χ0) is 18.1. The van der Waals surface area contributed by atoms with Gasteiger partial charge in [-0.25, -0.2) is 4.98 Å². The van der Waals surface area contributed by atoms with Crippen molar-refractivity contribution in [3.05, 3.63) is 34.6 Å². The molecule has 0 radical (unpaired) electrons. The van der Waals surface area contributed by atoms with Gasteiger partial charge in [0.15, 0.2) is 5.16 Å². The molecule has 1 aromatic carbocycles. The zero-order valence-electron chi connectivity index (χ0n) is 15.2. The lowest BCUT2D eigenvalue weighted by molar-refractivity contribution is -0.134. The van der Waals surface area contributed by atoms with Gasteiger partial charge in [-0.15, -0.1) is 0 Å². The number of likely N-dealkylation sites (tertiary alicyclic amines) is 1. The van der Waals surface area contributed by atoms with Crippen molar-refractivity contribution in [2.45, 2.75) is 49.7 Å². The second kappa shape index (κ2) is 7.43. The van der Waals surface area contributed by atoms with E-state index in [-0.39, 0.29) is 11.5 Å². The number of thioether (sulfide) groups is 1. The minimum atomic E-state index is -0.0594. The van der Waals surface area contributed by atoms with Crippen LogP contribution in [0, 0.1) is 5.92 Å². The summed E-state index contributed by atoms with van der Waals surface area (Å²) in [6.45, 7) is 0.880. The van der Waals surface area contributed by atoms with Crippen LogP contribution in [0.15, 0.2) is 34.2 Å². The molecule has 1 aliphatic carbocycles. The average molecular weight is 372 g/mol. The molecule has 1 amide bonds. The maximum Gasteiger partial charge on any atom is 0.261 e. The molecular formula is C20H25N3O2S. The molecule has 4 rings (SSSR count). The third kappa shape index (κ3) is 3.27. The Bertz CT molecular complexity index is 877. The molecule has 2 aromatic rings. The van der Waals surface area contributed by atoms with E-state index in [1.807, 2.05) is 18.2 Å². The molecule has 1 saturated carbocycles. The van der Waals surface area contributed by atoms with E-state index in [1.54, 1.807) is 17.7 Å². The highest BCUT2D eigenvalue weighted by atomic mass is 32.2. The van der Waals surface area contributed by atoms with Gasteiger partial charge in [0, 0.05) is 19.6 Å². The molecule has 2 atom stereocenters. The fraction of sp³-hybridized carbons (Fsp3) is 0.550. The van der Waals surface area contributed by atoms with Crippen LogP contribution in [0.25, 0.3) is 10.9 Å². The smallest absolute Gasteiger partial charge is 0.261 e. The van der Waals surface area contributed by atoms with Gasteiger partial charge in [0.1, 0.15) is 0 Å². The average Bonchev–Trinajstić information content (AvgIpc) is 2.69. The Kier molecular flexibility index (Phi) is 5.02. The summed E-state index contributed by atoms with van der Waals surface area (Å²) in [6.07, 6.45) is 7.34. The third-order valence-electron chi connectivity index (χ3n) is 5.83. The van der Waals surface area contributed by atoms with Crippen molar-refractivity contribution in [3.63, 3.8) is 0 Å². The molecule has 2 unspecified atom stereocenters. The summed E-state index contributed by atoms with van der Waals surface area (Å²) in [5.74, 6) is 1.23. The van der Waals surface area contributed by atoms with Gasteiger partial charge in [-0.05, 0) is 43.7 Å². The SMILES string of the molecule is Cn1c(SCC(=O)N2CCCC3CCCCC32)nc2ccccc2c1=O. The lowest BCUT2D eigenvalue weighted by Gasteiger charge is -2.44. The number of benzene rings is 1. The van der Waals surface area contributed by atoms with Crippen LogP contribution in [0.4, 0.5) is 0 Å². The zero-order valence-corrected chi connectivity index (χ0v) is 16.0. The minimum absolute atomic E-state index is 0.0594. The lowest BCUT2D eigenvalue weighted by atomic mass is 9.78. The molecule has 6 heteroatoms. The van der Waals surface area contributed by atoms with Crippen LogP contribution in [0.5, 0.6) is 0 Å². The molecule has 2 heterocycles. The van der Waals surface area contributed by atoms with Crippen LogP contribution < -0.4 is 5.56 Å². The van der Waals surface area contributed by atoms with Gasteiger partial charge in [-0.1, -0.05) is 36.7 Å². The standard InChI is InChI=1S/C20H25N3O2S/c1-22-19(25)15-9-3-4-10-16(15)21-20(22)26-13-18(24)23-12-6-8-14-7-2-5-11-17(14)23/h3-4,9-10,14,17H,2,5-8,11-13H2,1H3. The predicted octanol–water partition coefficient (Wildman–Crippen LogP) is 3.21. The van der Waals surface area contributed by atoms with Gasteiger partial charge in [0.25, 0.3) is 5.56 Å². The third-order valence-corrected chi connectivity index (χ3v) is 6.85. The number of rotatable bonds is 3. The van der Waals surface area contributed by atoms with Crippen LogP contribution in [0.3, 0.4) is 0 Å². The van der Waals surface area contributed by atoms with E-state index in [9.17, 15) is 9.59 Å². The van der Waals surface area contributed by atoms with Crippen LogP contribution in [-0.4, -0.2) is 38.7 Å². The second-order valence-electron chi connectivity index (χ2n) is 7.41. The van der Waals surface area contributed by atoms with E-state index in [0.717, 1.165) is 19.4 Å². The summed E-state index contributed by atoms with van der Waals surface area (Å²) >= 11 is 1.38. The Balaban J connectivity index is 1.50. The van der Waals surface area contributed by atoms with E-state index in [2.05, 4.69) is 9.88 Å². The number of hydrogen-bond donors (Lipinski definition) is 0. The quantitative estimate of drug-likeness (QED) is 0.614. The lowest BCUT2D eigenvalue weighted by Crippen LogP contribution is -2.50. The number of amides is 1. The second-order valence-corrected chi connectivity index (χ2v) is 8.35. The maximum atomic E-state index is 12.9. The van der Waals surface area contributed by atoms with Crippen LogP contribution >= 0.6 is 11.8 Å². The Labute approximate surface area is 157 Å². The van der Waals surface area contributed by atoms with Crippen LogP contribution in [0.2, 0.25) is 0 Å². The van der Waals surface area contributed by atoms with E-state index in [4.69, 9.17) is 0 Å². The van der Waals surface area contributed by atoms with Crippen molar-refractivity contribution in [3.8, 4) is 0 Å². The summed E-state index contributed by atoms with van der Waals surface area (Å²) in [6, 6.07) is 7.80. The van der Waals surface area contributed by atoms with Crippen molar-refractivity contribution in [1.29, 1.82) is 0 Å². The van der Waals surface area contributed by atoms with Gasteiger partial charge in [-0.3, -0.25) is 14.2 Å². The number of para-hydroxylation sites is 1. The number of piperidine rings is 1. The van der Waals surface area contributed by atoms with E-state index >= 15 is 0 Å². The molecule has 2 fully saturated rings. The minimum Gasteiger partial charge on any atom is -0.339 e. The molecule has 2 aliphatic rings. The Morgan fingerprint density at radius 1 is 1.19 bits per heavy atom. The molecule has 0 bridgehead atoms. The number of carbonyl (C=O) groups excluding carboxylic acids is 1. The maximum absolute atomic E-state index is 12.9. The molecule has 1 aromatic heterocycles. The molecule has 1 aliphatic heterocycles. The molecule has 0 spiro atoms. The highest BCUT2D eigenvalue weighted by Crippen LogP contribution is 2.35. The molecular weight excluding hydrogens is 346 g/mol. The molecule has 5 nitrogen and oxygen atoms in total. The summed E-state index contributed by atoms with van der Waals surface area (Å²) in [4.78, 5) is 32.1. The summed E-state index contributed by atoms with van der Waals surface area (Å²) in [5.41, 5.74) is 0.631. The first-order valence-corrected chi connectivity index (χ1v) is 10.5. The van der Waals surface area contributed by atoms with Gasteiger partial charge >= 0.3 is 0 Å². The molecule has 26 heavy (non-hydrogen) atoms. The van der Waals surface area contributed by atoms with Crippen molar-refractivity contribution >= 4 is 28.6 Å². The number of aromatic nitrogens is 2. The van der Waals surface area contributed by atoms with Crippen molar-refractivity contribution in [1.82, 2.24) is 14.5 Å². The monoisotopic (exact) mass is 371 g/mol. The van der Waals surface area contributed by atoms with E-state index in [1.165, 1.54) is 37.4 Å². The van der Waals surface area contributed by atoms with Crippen molar-refractivity contribution in [2.75, 3.05) is 12.3 Å². The fourth-order valence-electron chi connectivity index (χ4n) is 4.47. The van der Waals surface area contributed by atoms with Crippen LogP contribution in [-0.2, 0) is 11.8 Å². The predicted molar refractivity (Wildman–Crippen MR) is 104 cm³/mol. The topological polar surface area (TPSA) is 55.2 Å². The highest BCUT2D eigenvalue weighted by molar-refractivity contribution is 7.99. The normalized spacial score (nSPS) is 23.0. The molecule has 0 N–H and O–H groups in total.